The van der Waals surface area contributed by atoms with Crippen LogP contribution in [0.2, 0.25) is 0 Å². The summed E-state index contributed by atoms with van der Waals surface area (Å²) in [5, 5.41) is 23.8. The minimum Gasteiger partial charge on any atom is -0.491 e. The summed E-state index contributed by atoms with van der Waals surface area (Å²) in [4.78, 5) is 0. The molecule has 0 saturated heterocycles. The Morgan fingerprint density at radius 2 is 1.85 bits per heavy atom. The highest BCUT2D eigenvalue weighted by Crippen LogP contribution is 2.36. The van der Waals surface area contributed by atoms with Crippen molar-refractivity contribution in [3.05, 3.63) is 64.7 Å². The minimum absolute atomic E-state index is 0. The topological polar surface area (TPSA) is 61.7 Å². The summed E-state index contributed by atoms with van der Waals surface area (Å²) in [5.74, 6) is 0.796. The van der Waals surface area contributed by atoms with Crippen LogP contribution in [0, 0.1) is 0 Å². The molecule has 4 rings (SSSR count). The van der Waals surface area contributed by atoms with Crippen LogP contribution < -0.4 is 10.1 Å². The molecular formula is C22H28ClNO3. The molecule has 0 aromatic heterocycles. The molecule has 146 valence electrons. The second-order valence-electron chi connectivity index (χ2n) is 7.46. The molecule has 27 heavy (non-hydrogen) atoms. The van der Waals surface area contributed by atoms with Gasteiger partial charge in [0.2, 0.25) is 0 Å². The lowest BCUT2D eigenvalue weighted by atomic mass is 9.88. The second-order valence-corrected chi connectivity index (χ2v) is 7.46. The molecular weight excluding hydrogens is 362 g/mol. The maximum Gasteiger partial charge on any atom is 0.122 e. The maximum atomic E-state index is 10.3. The zero-order valence-electron chi connectivity index (χ0n) is 15.4. The van der Waals surface area contributed by atoms with Gasteiger partial charge in [0.05, 0.1) is 6.10 Å². The number of ether oxygens (including phenoxy) is 1. The zero-order valence-corrected chi connectivity index (χ0v) is 16.3. The van der Waals surface area contributed by atoms with Crippen LogP contribution in [-0.4, -0.2) is 35.5 Å². The number of hydrogen-bond acceptors (Lipinski definition) is 4. The Kier molecular flexibility index (Phi) is 6.77. The van der Waals surface area contributed by atoms with Gasteiger partial charge in [-0.25, -0.2) is 0 Å². The lowest BCUT2D eigenvalue weighted by Gasteiger charge is -2.26. The van der Waals surface area contributed by atoms with E-state index in [1.807, 2.05) is 18.2 Å². The van der Waals surface area contributed by atoms with Crippen molar-refractivity contribution in [2.75, 3.05) is 13.2 Å². The fraction of sp³-hybridized carbons (Fsp3) is 0.455. The molecule has 2 aliphatic rings. The predicted octanol–water partition coefficient (Wildman–Crippen LogP) is 2.97. The number of aliphatic hydroxyl groups excluding tert-OH is 2. The van der Waals surface area contributed by atoms with Crippen LogP contribution in [0.25, 0.3) is 0 Å². The minimum atomic E-state index is -0.547. The Labute approximate surface area is 167 Å². The van der Waals surface area contributed by atoms with E-state index in [1.165, 1.54) is 11.1 Å². The van der Waals surface area contributed by atoms with Crippen LogP contribution in [-0.2, 0) is 19.3 Å². The molecule has 0 spiro atoms. The number of aliphatic hydroxyl groups is 2. The number of aryl methyl sites for hydroxylation is 1. The maximum absolute atomic E-state index is 10.3. The summed E-state index contributed by atoms with van der Waals surface area (Å²) in [5.41, 5.74) is 4.93. The Balaban J connectivity index is 0.00000210. The molecule has 0 amide bonds. The molecule has 3 unspecified atom stereocenters. The first-order valence-electron chi connectivity index (χ1n) is 9.61. The van der Waals surface area contributed by atoms with Gasteiger partial charge in [0.25, 0.3) is 0 Å². The summed E-state index contributed by atoms with van der Waals surface area (Å²) in [7, 11) is 0. The van der Waals surface area contributed by atoms with Gasteiger partial charge in [-0.05, 0) is 54.9 Å². The molecule has 0 bridgehead atoms. The van der Waals surface area contributed by atoms with Gasteiger partial charge in [-0.2, -0.15) is 0 Å². The summed E-state index contributed by atoms with van der Waals surface area (Å²) in [6.45, 7) is 0.799. The Hall–Kier alpha value is -1.59. The SMILES string of the molecule is Cl.OC(CNC1CCc2ccccc2C1)COc1cccc2c1CCC2O. The van der Waals surface area contributed by atoms with Crippen LogP contribution in [0.1, 0.15) is 41.2 Å². The first kappa shape index (κ1) is 20.2. The molecule has 5 heteroatoms. The van der Waals surface area contributed by atoms with Crippen molar-refractivity contribution in [3.63, 3.8) is 0 Å². The van der Waals surface area contributed by atoms with Gasteiger partial charge in [0, 0.05) is 18.2 Å². The van der Waals surface area contributed by atoms with Gasteiger partial charge >= 0.3 is 0 Å². The van der Waals surface area contributed by atoms with Gasteiger partial charge in [-0.1, -0.05) is 36.4 Å². The van der Waals surface area contributed by atoms with Gasteiger partial charge in [-0.15, -0.1) is 12.4 Å². The van der Waals surface area contributed by atoms with Crippen LogP contribution in [0.5, 0.6) is 5.75 Å². The zero-order chi connectivity index (χ0) is 17.9. The number of nitrogens with one attached hydrogen (secondary N) is 1. The third-order valence-electron chi connectivity index (χ3n) is 5.62. The fourth-order valence-corrected chi connectivity index (χ4v) is 4.15. The van der Waals surface area contributed by atoms with Crippen molar-refractivity contribution >= 4 is 12.4 Å². The van der Waals surface area contributed by atoms with Gasteiger partial charge < -0.3 is 20.3 Å². The third-order valence-corrected chi connectivity index (χ3v) is 5.62. The molecule has 0 saturated carbocycles. The van der Waals surface area contributed by atoms with Gasteiger partial charge in [0.15, 0.2) is 0 Å². The summed E-state index contributed by atoms with van der Waals surface area (Å²) < 4.78 is 5.85. The number of benzene rings is 2. The van der Waals surface area contributed by atoms with Crippen molar-refractivity contribution in [3.8, 4) is 5.75 Å². The van der Waals surface area contributed by atoms with Crippen LogP contribution in [0.3, 0.4) is 0 Å². The first-order valence-corrected chi connectivity index (χ1v) is 9.61. The molecule has 0 heterocycles. The van der Waals surface area contributed by atoms with E-state index in [2.05, 4.69) is 29.6 Å². The Morgan fingerprint density at radius 1 is 1.04 bits per heavy atom. The van der Waals surface area contributed by atoms with E-state index in [0.717, 1.165) is 49.0 Å². The Morgan fingerprint density at radius 3 is 2.70 bits per heavy atom. The highest BCUT2D eigenvalue weighted by molar-refractivity contribution is 5.85. The smallest absolute Gasteiger partial charge is 0.122 e. The molecule has 0 aliphatic heterocycles. The first-order chi connectivity index (χ1) is 12.7. The summed E-state index contributed by atoms with van der Waals surface area (Å²) in [6.07, 6.45) is 3.89. The van der Waals surface area contributed by atoms with Gasteiger partial charge in [-0.3, -0.25) is 0 Å². The monoisotopic (exact) mass is 389 g/mol. The standard InChI is InChI=1S/C22H27NO3.ClH/c24-18(13-23-17-9-8-15-4-1-2-5-16(15)12-17)14-26-22-7-3-6-19-20(22)10-11-21(19)25;/h1-7,17-18,21,23-25H,8-14H2;1H. The third kappa shape index (κ3) is 4.64. The summed E-state index contributed by atoms with van der Waals surface area (Å²) in [6, 6.07) is 14.8. The van der Waals surface area contributed by atoms with E-state index in [9.17, 15) is 10.2 Å². The molecule has 0 fully saturated rings. The van der Waals surface area contributed by atoms with E-state index in [-0.39, 0.29) is 25.1 Å². The van der Waals surface area contributed by atoms with Crippen LogP contribution in [0.15, 0.2) is 42.5 Å². The molecule has 3 N–H and O–H groups in total. The number of hydrogen-bond donors (Lipinski definition) is 3. The van der Waals surface area contributed by atoms with E-state index in [4.69, 9.17) is 4.74 Å². The van der Waals surface area contributed by atoms with Crippen molar-refractivity contribution in [1.82, 2.24) is 5.32 Å². The van der Waals surface area contributed by atoms with Crippen LogP contribution >= 0.6 is 12.4 Å². The lowest BCUT2D eigenvalue weighted by Crippen LogP contribution is -2.40. The average molecular weight is 390 g/mol. The predicted molar refractivity (Wildman–Crippen MR) is 109 cm³/mol. The van der Waals surface area contributed by atoms with Crippen molar-refractivity contribution in [2.45, 2.75) is 50.4 Å². The fourth-order valence-electron chi connectivity index (χ4n) is 4.15. The van der Waals surface area contributed by atoms with E-state index in [0.29, 0.717) is 12.6 Å². The Bertz CT molecular complexity index is 767. The van der Waals surface area contributed by atoms with Crippen molar-refractivity contribution < 1.29 is 14.9 Å². The van der Waals surface area contributed by atoms with Crippen LogP contribution in [0.4, 0.5) is 0 Å². The van der Waals surface area contributed by atoms with Crippen molar-refractivity contribution in [2.24, 2.45) is 0 Å². The highest BCUT2D eigenvalue weighted by atomic mass is 35.5. The molecule has 0 radical (unpaired) electrons. The molecule has 3 atom stereocenters. The lowest BCUT2D eigenvalue weighted by molar-refractivity contribution is 0.102. The average Bonchev–Trinajstić information content (AvgIpc) is 3.06. The van der Waals surface area contributed by atoms with Crippen molar-refractivity contribution in [1.29, 1.82) is 0 Å². The summed E-state index contributed by atoms with van der Waals surface area (Å²) >= 11 is 0. The number of halogens is 1. The molecule has 4 nitrogen and oxygen atoms in total. The molecule has 2 aromatic carbocycles. The number of rotatable bonds is 6. The van der Waals surface area contributed by atoms with E-state index < -0.39 is 6.10 Å². The van der Waals surface area contributed by atoms with E-state index >= 15 is 0 Å². The van der Waals surface area contributed by atoms with Gasteiger partial charge in [0.1, 0.15) is 18.5 Å². The quantitative estimate of drug-likeness (QED) is 0.710. The molecule has 2 aliphatic carbocycles. The number of fused-ring (bicyclic) bond motifs is 2. The second kappa shape index (κ2) is 9.07. The van der Waals surface area contributed by atoms with E-state index in [1.54, 1.807) is 0 Å². The largest absolute Gasteiger partial charge is 0.491 e. The highest BCUT2D eigenvalue weighted by Gasteiger charge is 2.24. The normalized spacial score (nSPS) is 21.7. The molecule has 2 aromatic rings.